The number of rotatable bonds is 4. The number of alkyl halides is 3. The zero-order valence-electron chi connectivity index (χ0n) is 20.4. The van der Waals surface area contributed by atoms with Crippen molar-refractivity contribution in [3.8, 4) is 5.75 Å². The second-order valence-corrected chi connectivity index (χ2v) is 9.82. The van der Waals surface area contributed by atoms with Crippen LogP contribution < -0.4 is 9.64 Å². The van der Waals surface area contributed by atoms with Gasteiger partial charge in [0.25, 0.3) is 0 Å². The Morgan fingerprint density at radius 1 is 1.08 bits per heavy atom. The van der Waals surface area contributed by atoms with Crippen LogP contribution in [0.5, 0.6) is 5.75 Å². The van der Waals surface area contributed by atoms with Gasteiger partial charge in [0.1, 0.15) is 17.5 Å². The van der Waals surface area contributed by atoms with E-state index in [-0.39, 0.29) is 23.7 Å². The Balaban J connectivity index is 2.00. The summed E-state index contributed by atoms with van der Waals surface area (Å²) in [6, 6.07) is 11.4. The Morgan fingerprint density at radius 3 is 2.33 bits per heavy atom. The van der Waals surface area contributed by atoms with Crippen LogP contribution in [0.2, 0.25) is 0 Å². The van der Waals surface area contributed by atoms with Crippen LogP contribution in [0, 0.1) is 16.7 Å². The maximum absolute atomic E-state index is 13.6. The number of halogens is 3. The van der Waals surface area contributed by atoms with Gasteiger partial charge in [0, 0.05) is 29.3 Å². The standard InChI is InChI=1S/C27H27F3N2O4/c1-26(2)13-19-22(20(33)14-26)21(15-8-10-18(35-3)11-9-15)23(25(34)36-4)24(31)32(19)17-7-5-6-16(12-17)27(28,29)30/h5-12,21,23,31H,13-14H2,1-4H3. The number of nitrogens with one attached hydrogen (secondary N) is 1. The van der Waals surface area contributed by atoms with Gasteiger partial charge in [-0.15, -0.1) is 0 Å². The van der Waals surface area contributed by atoms with Crippen LogP contribution in [0.25, 0.3) is 0 Å². The van der Waals surface area contributed by atoms with Crippen LogP contribution in [0.4, 0.5) is 18.9 Å². The van der Waals surface area contributed by atoms with Gasteiger partial charge in [-0.25, -0.2) is 0 Å². The fourth-order valence-corrected chi connectivity index (χ4v) is 5.12. The number of Topliss-reactive ketones (excluding diaryl/α,β-unsaturated/α-hetero) is 1. The Labute approximate surface area is 207 Å². The highest BCUT2D eigenvalue weighted by molar-refractivity contribution is 6.16. The van der Waals surface area contributed by atoms with E-state index in [1.54, 1.807) is 24.3 Å². The smallest absolute Gasteiger partial charge is 0.416 e. The van der Waals surface area contributed by atoms with Gasteiger partial charge in [-0.1, -0.05) is 32.0 Å². The van der Waals surface area contributed by atoms with Crippen LogP contribution in [0.1, 0.15) is 43.7 Å². The molecule has 2 unspecified atom stereocenters. The molecule has 2 aromatic rings. The van der Waals surface area contributed by atoms with Gasteiger partial charge in [0.05, 0.1) is 19.8 Å². The van der Waals surface area contributed by atoms with Crippen molar-refractivity contribution in [3.63, 3.8) is 0 Å². The molecule has 0 fully saturated rings. The highest BCUT2D eigenvalue weighted by Crippen LogP contribution is 2.51. The van der Waals surface area contributed by atoms with Gasteiger partial charge in [-0.2, -0.15) is 13.2 Å². The molecule has 2 atom stereocenters. The summed E-state index contributed by atoms with van der Waals surface area (Å²) >= 11 is 0. The molecule has 0 amide bonds. The molecule has 1 N–H and O–H groups in total. The lowest BCUT2D eigenvalue weighted by Crippen LogP contribution is -2.51. The highest BCUT2D eigenvalue weighted by Gasteiger charge is 2.51. The number of carbonyl (C=O) groups is 2. The number of esters is 1. The molecule has 9 heteroatoms. The van der Waals surface area contributed by atoms with E-state index in [1.807, 2.05) is 13.8 Å². The molecule has 1 aliphatic carbocycles. The van der Waals surface area contributed by atoms with Crippen molar-refractivity contribution in [3.05, 3.63) is 70.9 Å². The zero-order valence-corrected chi connectivity index (χ0v) is 20.4. The average Bonchev–Trinajstić information content (AvgIpc) is 2.81. The van der Waals surface area contributed by atoms with Gasteiger partial charge in [-0.3, -0.25) is 15.0 Å². The number of anilines is 1. The van der Waals surface area contributed by atoms with Crippen molar-refractivity contribution in [2.45, 2.75) is 38.8 Å². The van der Waals surface area contributed by atoms with E-state index in [9.17, 15) is 22.8 Å². The SMILES string of the molecule is COC(=O)C1C(=N)N(c2cccc(C(F)(F)F)c2)C2=C(C(=O)CC(C)(C)C2)C1c1ccc(OC)cc1. The first-order valence-electron chi connectivity index (χ1n) is 11.4. The fraction of sp³-hybridized carbons (Fsp3) is 0.370. The third-order valence-corrected chi connectivity index (χ3v) is 6.71. The summed E-state index contributed by atoms with van der Waals surface area (Å²) in [6.07, 6.45) is -4.05. The number of carbonyl (C=O) groups excluding carboxylic acids is 2. The van der Waals surface area contributed by atoms with Crippen LogP contribution in [-0.4, -0.2) is 31.8 Å². The predicted octanol–water partition coefficient (Wildman–Crippen LogP) is 5.73. The maximum Gasteiger partial charge on any atom is 0.416 e. The second-order valence-electron chi connectivity index (χ2n) is 9.82. The normalized spacial score (nSPS) is 21.8. The van der Waals surface area contributed by atoms with Gasteiger partial charge >= 0.3 is 12.1 Å². The first kappa shape index (κ1) is 25.5. The summed E-state index contributed by atoms with van der Waals surface area (Å²) in [7, 11) is 2.70. The van der Waals surface area contributed by atoms with Gasteiger partial charge in [-0.05, 0) is 47.7 Å². The third kappa shape index (κ3) is 4.50. The summed E-state index contributed by atoms with van der Waals surface area (Å²) in [6.45, 7) is 3.80. The number of benzene rings is 2. The van der Waals surface area contributed by atoms with E-state index in [1.165, 1.54) is 31.3 Å². The Hall–Kier alpha value is -3.62. The summed E-state index contributed by atoms with van der Waals surface area (Å²) < 4.78 is 50.9. The van der Waals surface area contributed by atoms with Crippen molar-refractivity contribution in [1.82, 2.24) is 0 Å². The van der Waals surface area contributed by atoms with Crippen LogP contribution in [0.15, 0.2) is 59.8 Å². The molecule has 4 rings (SSSR count). The molecular formula is C27H27F3N2O4. The molecule has 2 aliphatic rings. The minimum absolute atomic E-state index is 0.0647. The number of hydrogen-bond acceptors (Lipinski definition) is 5. The second kappa shape index (κ2) is 9.11. The lowest BCUT2D eigenvalue weighted by molar-refractivity contribution is -0.143. The molecule has 0 saturated carbocycles. The van der Waals surface area contributed by atoms with E-state index in [2.05, 4.69) is 0 Å². The number of ketones is 1. The van der Waals surface area contributed by atoms with Crippen LogP contribution >= 0.6 is 0 Å². The molecule has 2 aromatic carbocycles. The largest absolute Gasteiger partial charge is 0.497 e. The van der Waals surface area contributed by atoms with E-state index >= 15 is 0 Å². The van der Waals surface area contributed by atoms with E-state index in [0.29, 0.717) is 29.0 Å². The fourth-order valence-electron chi connectivity index (χ4n) is 5.12. The molecule has 0 saturated heterocycles. The van der Waals surface area contributed by atoms with Gasteiger partial charge in [0.2, 0.25) is 0 Å². The molecule has 190 valence electrons. The van der Waals surface area contributed by atoms with Crippen molar-refractivity contribution < 1.29 is 32.2 Å². The molecule has 0 spiro atoms. The topological polar surface area (TPSA) is 79.7 Å². The lowest BCUT2D eigenvalue weighted by Gasteiger charge is -2.46. The Kier molecular flexibility index (Phi) is 6.45. The zero-order chi connectivity index (χ0) is 26.4. The Morgan fingerprint density at radius 2 is 1.75 bits per heavy atom. The molecule has 6 nitrogen and oxygen atoms in total. The lowest BCUT2D eigenvalue weighted by atomic mass is 9.66. The molecule has 1 aliphatic heterocycles. The van der Waals surface area contributed by atoms with Crippen LogP contribution in [-0.2, 0) is 20.5 Å². The van der Waals surface area contributed by atoms with E-state index in [4.69, 9.17) is 14.9 Å². The number of amidine groups is 1. The molecule has 36 heavy (non-hydrogen) atoms. The number of ether oxygens (including phenoxy) is 2. The molecule has 0 bridgehead atoms. The quantitative estimate of drug-likeness (QED) is 0.543. The molecular weight excluding hydrogens is 473 g/mol. The van der Waals surface area contributed by atoms with E-state index < -0.39 is 35.0 Å². The van der Waals surface area contributed by atoms with Gasteiger partial charge in [0.15, 0.2) is 5.78 Å². The first-order chi connectivity index (χ1) is 16.9. The minimum Gasteiger partial charge on any atom is -0.497 e. The minimum atomic E-state index is -4.60. The number of nitrogens with zero attached hydrogens (tertiary/aromatic N) is 1. The average molecular weight is 501 g/mol. The van der Waals surface area contributed by atoms with Gasteiger partial charge < -0.3 is 14.4 Å². The summed E-state index contributed by atoms with van der Waals surface area (Å²) in [5.74, 6) is -2.68. The Bertz CT molecular complexity index is 1250. The third-order valence-electron chi connectivity index (χ3n) is 6.71. The van der Waals surface area contributed by atoms with E-state index in [0.717, 1.165) is 12.1 Å². The molecule has 0 radical (unpaired) electrons. The summed E-state index contributed by atoms with van der Waals surface area (Å²) in [5.41, 5.74) is 0.0572. The maximum atomic E-state index is 13.6. The first-order valence-corrected chi connectivity index (χ1v) is 11.4. The van der Waals surface area contributed by atoms with Crippen molar-refractivity contribution in [1.29, 1.82) is 5.41 Å². The monoisotopic (exact) mass is 500 g/mol. The van der Waals surface area contributed by atoms with Crippen molar-refractivity contribution in [2.24, 2.45) is 11.3 Å². The number of allylic oxidation sites excluding steroid dienone is 2. The molecule has 0 aromatic heterocycles. The highest BCUT2D eigenvalue weighted by atomic mass is 19.4. The van der Waals surface area contributed by atoms with Crippen molar-refractivity contribution in [2.75, 3.05) is 19.1 Å². The predicted molar refractivity (Wildman–Crippen MR) is 128 cm³/mol. The van der Waals surface area contributed by atoms with Crippen molar-refractivity contribution >= 4 is 23.3 Å². The number of hydrogen-bond donors (Lipinski definition) is 1. The van der Waals surface area contributed by atoms with Crippen LogP contribution in [0.3, 0.4) is 0 Å². The summed E-state index contributed by atoms with van der Waals surface area (Å²) in [4.78, 5) is 28.0. The summed E-state index contributed by atoms with van der Waals surface area (Å²) in [5, 5.41) is 9.05. The number of methoxy groups -OCH3 is 2. The molecule has 1 heterocycles.